The normalized spacial score (nSPS) is 11.0. The van der Waals surface area contributed by atoms with Crippen molar-refractivity contribution in [1.82, 2.24) is 0 Å². The monoisotopic (exact) mass is 388 g/mol. The van der Waals surface area contributed by atoms with Gasteiger partial charge in [-0.1, -0.05) is 27.5 Å². The molecule has 0 fully saturated rings. The van der Waals surface area contributed by atoms with Crippen LogP contribution in [0.4, 0.5) is 10.1 Å². The van der Waals surface area contributed by atoms with Gasteiger partial charge in [-0.15, -0.1) is 0 Å². The molecule has 2 aromatic carbocycles. The molecule has 0 aliphatic rings. The Morgan fingerprint density at radius 1 is 1.24 bits per heavy atom. The van der Waals surface area contributed by atoms with E-state index in [0.29, 0.717) is 4.47 Å². The standard InChI is InChI=1S/C13H7BrClFN2O2S/c14-9-2-4-13(10(15)6-9)21(19,20)18-12-3-1-8(7-17)5-11(12)16/h1-6,18H. The highest BCUT2D eigenvalue weighted by molar-refractivity contribution is 9.10. The molecule has 0 amide bonds. The van der Waals surface area contributed by atoms with Gasteiger partial charge in [-0.25, -0.2) is 12.8 Å². The van der Waals surface area contributed by atoms with Crippen molar-refractivity contribution in [3.8, 4) is 6.07 Å². The third kappa shape index (κ3) is 3.53. The third-order valence-corrected chi connectivity index (χ3v) is 4.87. The van der Waals surface area contributed by atoms with Crippen molar-refractivity contribution in [2.45, 2.75) is 4.90 Å². The van der Waals surface area contributed by atoms with E-state index in [9.17, 15) is 12.8 Å². The third-order valence-electron chi connectivity index (χ3n) is 2.53. The van der Waals surface area contributed by atoms with Crippen molar-refractivity contribution in [3.05, 3.63) is 57.3 Å². The van der Waals surface area contributed by atoms with E-state index in [-0.39, 0.29) is 21.2 Å². The van der Waals surface area contributed by atoms with Gasteiger partial charge in [0.2, 0.25) is 0 Å². The molecular weight excluding hydrogens is 383 g/mol. The van der Waals surface area contributed by atoms with Crippen LogP contribution in [0.2, 0.25) is 5.02 Å². The predicted octanol–water partition coefficient (Wildman–Crippen LogP) is 3.91. The SMILES string of the molecule is N#Cc1ccc(NS(=O)(=O)c2ccc(Br)cc2Cl)c(F)c1. The van der Waals surface area contributed by atoms with Crippen LogP contribution in [0, 0.1) is 17.1 Å². The summed E-state index contributed by atoms with van der Waals surface area (Å²) in [6, 6.07) is 9.43. The van der Waals surface area contributed by atoms with E-state index < -0.39 is 15.8 Å². The van der Waals surface area contributed by atoms with E-state index in [1.165, 1.54) is 30.3 Å². The number of sulfonamides is 1. The highest BCUT2D eigenvalue weighted by Crippen LogP contribution is 2.27. The van der Waals surface area contributed by atoms with E-state index in [1.807, 2.05) is 0 Å². The summed E-state index contributed by atoms with van der Waals surface area (Å²) in [6.45, 7) is 0. The molecule has 0 aliphatic heterocycles. The zero-order valence-corrected chi connectivity index (χ0v) is 13.4. The fraction of sp³-hybridized carbons (Fsp3) is 0. The predicted molar refractivity (Wildman–Crippen MR) is 81.1 cm³/mol. The van der Waals surface area contributed by atoms with Crippen LogP contribution in [-0.4, -0.2) is 8.42 Å². The van der Waals surface area contributed by atoms with E-state index in [1.54, 1.807) is 6.07 Å². The molecular formula is C13H7BrClFN2O2S. The van der Waals surface area contributed by atoms with Crippen LogP contribution in [0.1, 0.15) is 5.56 Å². The highest BCUT2D eigenvalue weighted by Gasteiger charge is 2.19. The van der Waals surface area contributed by atoms with Gasteiger partial charge < -0.3 is 0 Å². The Hall–Kier alpha value is -1.62. The van der Waals surface area contributed by atoms with E-state index >= 15 is 0 Å². The topological polar surface area (TPSA) is 70.0 Å². The smallest absolute Gasteiger partial charge is 0.263 e. The van der Waals surface area contributed by atoms with Gasteiger partial charge in [0.15, 0.2) is 0 Å². The minimum atomic E-state index is -4.03. The molecule has 2 aromatic rings. The lowest BCUT2D eigenvalue weighted by Gasteiger charge is -2.10. The molecule has 8 heteroatoms. The summed E-state index contributed by atoms with van der Waals surface area (Å²) in [5, 5.41) is 8.65. The lowest BCUT2D eigenvalue weighted by Crippen LogP contribution is -2.14. The number of nitrogens with one attached hydrogen (secondary N) is 1. The molecule has 0 bridgehead atoms. The van der Waals surface area contributed by atoms with Crippen molar-refractivity contribution >= 4 is 43.2 Å². The summed E-state index contributed by atoms with van der Waals surface area (Å²) < 4.78 is 40.8. The highest BCUT2D eigenvalue weighted by atomic mass is 79.9. The van der Waals surface area contributed by atoms with Crippen molar-refractivity contribution in [3.63, 3.8) is 0 Å². The zero-order chi connectivity index (χ0) is 15.6. The maximum Gasteiger partial charge on any atom is 0.263 e. The molecule has 1 N–H and O–H groups in total. The fourth-order valence-electron chi connectivity index (χ4n) is 1.56. The number of rotatable bonds is 3. The molecule has 0 unspecified atom stereocenters. The molecule has 0 saturated carbocycles. The van der Waals surface area contributed by atoms with Crippen LogP contribution in [0.25, 0.3) is 0 Å². The Bertz CT molecular complexity index is 850. The van der Waals surface area contributed by atoms with Crippen molar-refractivity contribution < 1.29 is 12.8 Å². The van der Waals surface area contributed by atoms with Crippen molar-refractivity contribution in [2.75, 3.05) is 4.72 Å². The second-order valence-electron chi connectivity index (χ2n) is 3.99. The van der Waals surface area contributed by atoms with Gasteiger partial charge in [0.25, 0.3) is 10.0 Å². The zero-order valence-electron chi connectivity index (χ0n) is 10.3. The van der Waals surface area contributed by atoms with Gasteiger partial charge in [-0.3, -0.25) is 4.72 Å². The quantitative estimate of drug-likeness (QED) is 0.865. The van der Waals surface area contributed by atoms with E-state index in [2.05, 4.69) is 20.7 Å². The molecule has 21 heavy (non-hydrogen) atoms. The second-order valence-corrected chi connectivity index (χ2v) is 6.96. The minimum absolute atomic E-state index is 0.00549. The molecule has 0 heterocycles. The molecule has 0 spiro atoms. The van der Waals surface area contributed by atoms with Crippen molar-refractivity contribution in [1.29, 1.82) is 5.26 Å². The first kappa shape index (κ1) is 15.8. The van der Waals surface area contributed by atoms with Gasteiger partial charge in [-0.2, -0.15) is 5.26 Å². The average molecular weight is 390 g/mol. The van der Waals surface area contributed by atoms with Crippen LogP contribution in [0.5, 0.6) is 0 Å². The number of hydrogen-bond donors (Lipinski definition) is 1. The fourth-order valence-corrected chi connectivity index (χ4v) is 3.67. The summed E-state index contributed by atoms with van der Waals surface area (Å²) in [6.07, 6.45) is 0. The molecule has 0 aromatic heterocycles. The number of nitriles is 1. The summed E-state index contributed by atoms with van der Waals surface area (Å²) in [5.74, 6) is -0.842. The summed E-state index contributed by atoms with van der Waals surface area (Å²) in [4.78, 5) is -0.170. The average Bonchev–Trinajstić information content (AvgIpc) is 2.40. The van der Waals surface area contributed by atoms with Crippen molar-refractivity contribution in [2.24, 2.45) is 0 Å². The lowest BCUT2D eigenvalue weighted by molar-refractivity contribution is 0.598. The van der Waals surface area contributed by atoms with Crippen LogP contribution < -0.4 is 4.72 Å². The number of hydrogen-bond acceptors (Lipinski definition) is 3. The molecule has 108 valence electrons. The summed E-state index contributed by atoms with van der Waals surface area (Å²) in [7, 11) is -4.03. The molecule has 2 rings (SSSR count). The minimum Gasteiger partial charge on any atom is -0.277 e. The largest absolute Gasteiger partial charge is 0.277 e. The van der Waals surface area contributed by atoms with E-state index in [0.717, 1.165) is 6.07 Å². The summed E-state index contributed by atoms with van der Waals surface area (Å²) in [5.41, 5.74) is -0.162. The first-order valence-corrected chi connectivity index (χ1v) is 8.16. The number of anilines is 1. The lowest BCUT2D eigenvalue weighted by atomic mass is 10.2. The van der Waals surface area contributed by atoms with Crippen LogP contribution in [0.15, 0.2) is 45.8 Å². The van der Waals surface area contributed by atoms with Crippen LogP contribution in [-0.2, 0) is 10.0 Å². The summed E-state index contributed by atoms with van der Waals surface area (Å²) >= 11 is 9.05. The van der Waals surface area contributed by atoms with Gasteiger partial charge in [0.1, 0.15) is 10.7 Å². The van der Waals surface area contributed by atoms with Gasteiger partial charge in [0.05, 0.1) is 22.3 Å². The second kappa shape index (κ2) is 6.02. The molecule has 0 aliphatic carbocycles. The Kier molecular flexibility index (Phi) is 4.52. The maximum absolute atomic E-state index is 13.7. The number of halogens is 3. The van der Waals surface area contributed by atoms with Crippen LogP contribution in [0.3, 0.4) is 0 Å². The molecule has 0 saturated heterocycles. The molecule has 4 nitrogen and oxygen atoms in total. The van der Waals surface area contributed by atoms with Gasteiger partial charge in [0, 0.05) is 4.47 Å². The van der Waals surface area contributed by atoms with Crippen LogP contribution >= 0.6 is 27.5 Å². The maximum atomic E-state index is 13.7. The Labute approximate surface area is 134 Å². The first-order chi connectivity index (χ1) is 9.83. The van der Waals surface area contributed by atoms with Gasteiger partial charge >= 0.3 is 0 Å². The van der Waals surface area contributed by atoms with E-state index in [4.69, 9.17) is 16.9 Å². The Morgan fingerprint density at radius 3 is 2.52 bits per heavy atom. The first-order valence-electron chi connectivity index (χ1n) is 5.51. The Balaban J connectivity index is 2.40. The van der Waals surface area contributed by atoms with Gasteiger partial charge in [-0.05, 0) is 36.4 Å². The Morgan fingerprint density at radius 2 is 1.95 bits per heavy atom. The number of nitrogens with zero attached hydrogens (tertiary/aromatic N) is 1. The molecule has 0 atom stereocenters. The number of benzene rings is 2. The molecule has 0 radical (unpaired) electrons.